The minimum atomic E-state index is -0.117. The van der Waals surface area contributed by atoms with Crippen LogP contribution in [0.3, 0.4) is 0 Å². The van der Waals surface area contributed by atoms with Crippen molar-refractivity contribution in [1.29, 1.82) is 0 Å². The maximum absolute atomic E-state index is 12.2. The van der Waals surface area contributed by atoms with Crippen molar-refractivity contribution < 1.29 is 9.90 Å². The van der Waals surface area contributed by atoms with E-state index in [4.69, 9.17) is 0 Å². The Morgan fingerprint density at radius 2 is 1.68 bits per heavy atom. The SMILES string of the molecule is Cc1cc(NCc2ccc(O)cc2)ccc1NC(=O)c1ccccc1. The van der Waals surface area contributed by atoms with E-state index in [0.29, 0.717) is 12.1 Å². The van der Waals surface area contributed by atoms with Crippen molar-refractivity contribution in [3.8, 4) is 5.75 Å². The van der Waals surface area contributed by atoms with Crippen LogP contribution in [0.5, 0.6) is 5.75 Å². The molecule has 0 atom stereocenters. The number of carbonyl (C=O) groups excluding carboxylic acids is 1. The lowest BCUT2D eigenvalue weighted by Crippen LogP contribution is -2.12. The fourth-order valence-electron chi connectivity index (χ4n) is 2.52. The van der Waals surface area contributed by atoms with Gasteiger partial charge in [0.1, 0.15) is 5.75 Å². The first-order valence-corrected chi connectivity index (χ1v) is 8.10. The van der Waals surface area contributed by atoms with Gasteiger partial charge in [-0.25, -0.2) is 0 Å². The van der Waals surface area contributed by atoms with Crippen molar-refractivity contribution >= 4 is 17.3 Å². The van der Waals surface area contributed by atoms with Crippen LogP contribution in [0.1, 0.15) is 21.5 Å². The van der Waals surface area contributed by atoms with Gasteiger partial charge in [-0.1, -0.05) is 30.3 Å². The van der Waals surface area contributed by atoms with Crippen LogP contribution in [0.4, 0.5) is 11.4 Å². The molecule has 0 aliphatic heterocycles. The lowest BCUT2D eigenvalue weighted by atomic mass is 10.1. The van der Waals surface area contributed by atoms with Crippen LogP contribution < -0.4 is 10.6 Å². The van der Waals surface area contributed by atoms with E-state index in [1.807, 2.05) is 55.5 Å². The average Bonchev–Trinajstić information content (AvgIpc) is 2.64. The van der Waals surface area contributed by atoms with Crippen molar-refractivity contribution in [2.45, 2.75) is 13.5 Å². The molecule has 0 aliphatic carbocycles. The predicted octanol–water partition coefficient (Wildman–Crippen LogP) is 4.57. The predicted molar refractivity (Wildman–Crippen MR) is 101 cm³/mol. The summed E-state index contributed by atoms with van der Waals surface area (Å²) in [5.41, 5.74) is 4.47. The number of anilines is 2. The van der Waals surface area contributed by atoms with Crippen LogP contribution in [0, 0.1) is 6.92 Å². The number of phenolic OH excluding ortho intramolecular Hbond substituents is 1. The quantitative estimate of drug-likeness (QED) is 0.641. The summed E-state index contributed by atoms with van der Waals surface area (Å²) in [6, 6.07) is 22.1. The lowest BCUT2D eigenvalue weighted by molar-refractivity contribution is 0.102. The first kappa shape index (κ1) is 16.6. The zero-order valence-corrected chi connectivity index (χ0v) is 14.0. The summed E-state index contributed by atoms with van der Waals surface area (Å²) in [7, 11) is 0. The maximum atomic E-state index is 12.2. The zero-order valence-electron chi connectivity index (χ0n) is 14.0. The topological polar surface area (TPSA) is 61.4 Å². The number of rotatable bonds is 5. The fourth-order valence-corrected chi connectivity index (χ4v) is 2.52. The van der Waals surface area contributed by atoms with Crippen molar-refractivity contribution in [2.75, 3.05) is 10.6 Å². The molecule has 1 amide bonds. The highest BCUT2D eigenvalue weighted by molar-refractivity contribution is 6.04. The Hall–Kier alpha value is -3.27. The van der Waals surface area contributed by atoms with Gasteiger partial charge in [-0.05, 0) is 60.5 Å². The minimum absolute atomic E-state index is 0.117. The molecule has 4 heteroatoms. The van der Waals surface area contributed by atoms with Gasteiger partial charge in [-0.3, -0.25) is 4.79 Å². The number of carbonyl (C=O) groups is 1. The molecule has 0 spiro atoms. The minimum Gasteiger partial charge on any atom is -0.508 e. The highest BCUT2D eigenvalue weighted by Gasteiger charge is 2.07. The molecule has 0 aromatic heterocycles. The molecule has 3 rings (SSSR count). The number of aromatic hydroxyl groups is 1. The van der Waals surface area contributed by atoms with E-state index < -0.39 is 0 Å². The first-order valence-electron chi connectivity index (χ1n) is 8.10. The van der Waals surface area contributed by atoms with E-state index in [-0.39, 0.29) is 11.7 Å². The number of aryl methyl sites for hydroxylation is 1. The molecule has 0 saturated heterocycles. The van der Waals surface area contributed by atoms with Gasteiger partial charge < -0.3 is 15.7 Å². The molecule has 0 saturated carbocycles. The van der Waals surface area contributed by atoms with E-state index >= 15 is 0 Å². The monoisotopic (exact) mass is 332 g/mol. The van der Waals surface area contributed by atoms with Gasteiger partial charge in [-0.2, -0.15) is 0 Å². The van der Waals surface area contributed by atoms with Gasteiger partial charge in [-0.15, -0.1) is 0 Å². The van der Waals surface area contributed by atoms with Crippen molar-refractivity contribution in [1.82, 2.24) is 0 Å². The molecule has 3 aromatic carbocycles. The van der Waals surface area contributed by atoms with E-state index in [1.54, 1.807) is 24.3 Å². The molecular formula is C21H20N2O2. The van der Waals surface area contributed by atoms with Crippen LogP contribution in [0.15, 0.2) is 72.8 Å². The molecule has 0 unspecified atom stereocenters. The molecule has 0 fully saturated rings. The zero-order chi connectivity index (χ0) is 17.6. The number of hydrogen-bond acceptors (Lipinski definition) is 3. The highest BCUT2D eigenvalue weighted by atomic mass is 16.3. The second-order valence-electron chi connectivity index (χ2n) is 5.87. The molecular weight excluding hydrogens is 312 g/mol. The standard InChI is InChI=1S/C21H20N2O2/c1-15-13-18(22-14-16-7-10-19(24)11-8-16)9-12-20(15)23-21(25)17-5-3-2-4-6-17/h2-13,22,24H,14H2,1H3,(H,23,25). The number of nitrogens with one attached hydrogen (secondary N) is 2. The third-order valence-corrected chi connectivity index (χ3v) is 3.94. The Labute approximate surface area is 147 Å². The molecule has 3 aromatic rings. The normalized spacial score (nSPS) is 10.3. The summed E-state index contributed by atoms with van der Waals surface area (Å²) in [5, 5.41) is 15.6. The summed E-state index contributed by atoms with van der Waals surface area (Å²) in [4.78, 5) is 12.2. The highest BCUT2D eigenvalue weighted by Crippen LogP contribution is 2.21. The molecule has 0 heterocycles. The van der Waals surface area contributed by atoms with Gasteiger partial charge in [0.05, 0.1) is 0 Å². The second kappa shape index (κ2) is 7.53. The molecule has 3 N–H and O–H groups in total. The number of amides is 1. The van der Waals surface area contributed by atoms with Crippen LogP contribution in [0.2, 0.25) is 0 Å². The Morgan fingerprint density at radius 3 is 2.36 bits per heavy atom. The second-order valence-corrected chi connectivity index (χ2v) is 5.87. The van der Waals surface area contributed by atoms with Gasteiger partial charge in [0.15, 0.2) is 0 Å². The third kappa shape index (κ3) is 4.38. The maximum Gasteiger partial charge on any atom is 0.255 e. The summed E-state index contributed by atoms with van der Waals surface area (Å²) < 4.78 is 0. The van der Waals surface area contributed by atoms with Crippen LogP contribution >= 0.6 is 0 Å². The van der Waals surface area contributed by atoms with Crippen molar-refractivity contribution in [2.24, 2.45) is 0 Å². The largest absolute Gasteiger partial charge is 0.508 e. The lowest BCUT2D eigenvalue weighted by Gasteiger charge is -2.12. The Bertz CT molecular complexity index is 859. The Morgan fingerprint density at radius 1 is 0.960 bits per heavy atom. The molecule has 0 radical (unpaired) electrons. The number of hydrogen-bond donors (Lipinski definition) is 3. The van der Waals surface area contributed by atoms with Crippen LogP contribution in [0.25, 0.3) is 0 Å². The smallest absolute Gasteiger partial charge is 0.255 e. The molecule has 4 nitrogen and oxygen atoms in total. The van der Waals surface area contributed by atoms with E-state index in [0.717, 1.165) is 22.5 Å². The van der Waals surface area contributed by atoms with Crippen LogP contribution in [-0.4, -0.2) is 11.0 Å². The van der Waals surface area contributed by atoms with Crippen molar-refractivity contribution in [3.05, 3.63) is 89.5 Å². The van der Waals surface area contributed by atoms with E-state index in [9.17, 15) is 9.90 Å². The van der Waals surface area contributed by atoms with Gasteiger partial charge in [0.25, 0.3) is 5.91 Å². The van der Waals surface area contributed by atoms with Gasteiger partial charge in [0, 0.05) is 23.5 Å². The number of phenols is 1. The molecule has 126 valence electrons. The third-order valence-electron chi connectivity index (χ3n) is 3.94. The van der Waals surface area contributed by atoms with E-state index in [2.05, 4.69) is 10.6 Å². The number of benzene rings is 3. The van der Waals surface area contributed by atoms with E-state index in [1.165, 1.54) is 0 Å². The Kier molecular flexibility index (Phi) is 5.00. The molecule has 0 bridgehead atoms. The summed E-state index contributed by atoms with van der Waals surface area (Å²) >= 11 is 0. The Balaban J connectivity index is 1.64. The summed E-state index contributed by atoms with van der Waals surface area (Å²) in [6.07, 6.45) is 0. The summed E-state index contributed by atoms with van der Waals surface area (Å²) in [6.45, 7) is 2.63. The van der Waals surface area contributed by atoms with Gasteiger partial charge in [0.2, 0.25) is 0 Å². The van der Waals surface area contributed by atoms with Crippen molar-refractivity contribution in [3.63, 3.8) is 0 Å². The summed E-state index contributed by atoms with van der Waals surface area (Å²) in [5.74, 6) is 0.145. The average molecular weight is 332 g/mol. The first-order chi connectivity index (χ1) is 12.1. The van der Waals surface area contributed by atoms with Crippen LogP contribution in [-0.2, 0) is 6.54 Å². The van der Waals surface area contributed by atoms with Gasteiger partial charge >= 0.3 is 0 Å². The molecule has 25 heavy (non-hydrogen) atoms. The fraction of sp³-hybridized carbons (Fsp3) is 0.0952. The molecule has 0 aliphatic rings.